The molecular weight excluding hydrogens is 298 g/mol. The summed E-state index contributed by atoms with van der Waals surface area (Å²) in [5.41, 5.74) is 2.79. The fourth-order valence-corrected chi connectivity index (χ4v) is 4.36. The van der Waals surface area contributed by atoms with Gasteiger partial charge < -0.3 is 0 Å². The van der Waals surface area contributed by atoms with Crippen molar-refractivity contribution in [1.82, 2.24) is 4.72 Å². The summed E-state index contributed by atoms with van der Waals surface area (Å²) in [7, 11) is -5.31. The minimum absolute atomic E-state index is 0.0465. The highest BCUT2D eigenvalue weighted by Gasteiger charge is 2.15. The largest absolute Gasteiger partial charge is 0.228 e. The van der Waals surface area contributed by atoms with Crippen LogP contribution in [0, 0.1) is 13.8 Å². The van der Waals surface area contributed by atoms with E-state index in [-0.39, 0.29) is 23.7 Å². The smallest absolute Gasteiger partial charge is 0.211 e. The standard InChI is InChI=1S/C13H21NO4S2/c1-11-7-12(2)9-13(8-11)10-19(15,16)5-4-6-20(17,18)14-3/h7-9,14H,4-6,10H2,1-3H3. The van der Waals surface area contributed by atoms with Gasteiger partial charge in [0.05, 0.1) is 17.3 Å². The normalized spacial score (nSPS) is 12.6. The number of hydrogen-bond acceptors (Lipinski definition) is 4. The highest BCUT2D eigenvalue weighted by molar-refractivity contribution is 7.91. The Morgan fingerprint density at radius 3 is 2.00 bits per heavy atom. The van der Waals surface area contributed by atoms with Crippen LogP contribution in [0.3, 0.4) is 0 Å². The number of nitrogens with one attached hydrogen (secondary N) is 1. The van der Waals surface area contributed by atoms with Crippen LogP contribution >= 0.6 is 0 Å². The summed E-state index contributed by atoms with van der Waals surface area (Å²) < 4.78 is 48.6. The molecule has 1 aromatic carbocycles. The first-order chi connectivity index (χ1) is 9.13. The second-order valence-electron chi connectivity index (χ2n) is 4.96. The molecule has 0 aliphatic carbocycles. The fraction of sp³-hybridized carbons (Fsp3) is 0.538. The fourth-order valence-electron chi connectivity index (χ4n) is 2.05. The van der Waals surface area contributed by atoms with E-state index in [0.717, 1.165) is 16.7 Å². The van der Waals surface area contributed by atoms with Crippen molar-refractivity contribution in [2.24, 2.45) is 0 Å². The summed E-state index contributed by atoms with van der Waals surface area (Å²) in [6, 6.07) is 5.67. The number of sulfonamides is 1. The van der Waals surface area contributed by atoms with E-state index in [0.29, 0.717) is 0 Å². The molecule has 0 radical (unpaired) electrons. The summed E-state index contributed by atoms with van der Waals surface area (Å²) >= 11 is 0. The van der Waals surface area contributed by atoms with Gasteiger partial charge in [-0.3, -0.25) is 0 Å². The van der Waals surface area contributed by atoms with E-state index < -0.39 is 19.9 Å². The van der Waals surface area contributed by atoms with Gasteiger partial charge in [-0.2, -0.15) is 0 Å². The van der Waals surface area contributed by atoms with Crippen molar-refractivity contribution in [3.63, 3.8) is 0 Å². The zero-order valence-corrected chi connectivity index (χ0v) is 13.6. The van der Waals surface area contributed by atoms with Gasteiger partial charge in [-0.25, -0.2) is 21.6 Å². The predicted molar refractivity (Wildman–Crippen MR) is 80.9 cm³/mol. The molecule has 0 aromatic heterocycles. The lowest BCUT2D eigenvalue weighted by Gasteiger charge is -2.07. The summed E-state index contributed by atoms with van der Waals surface area (Å²) in [6.07, 6.45) is 0.107. The SMILES string of the molecule is CNS(=O)(=O)CCCS(=O)(=O)Cc1cc(C)cc(C)c1. The van der Waals surface area contributed by atoms with Crippen LogP contribution in [-0.2, 0) is 25.6 Å². The Kier molecular flexibility index (Phi) is 5.73. The average Bonchev–Trinajstić information content (AvgIpc) is 2.26. The first-order valence-corrected chi connectivity index (χ1v) is 9.80. The van der Waals surface area contributed by atoms with Crippen molar-refractivity contribution >= 4 is 19.9 Å². The van der Waals surface area contributed by atoms with Gasteiger partial charge in [0.2, 0.25) is 10.0 Å². The third kappa shape index (κ3) is 6.02. The molecule has 7 heteroatoms. The minimum Gasteiger partial charge on any atom is -0.228 e. The van der Waals surface area contributed by atoms with E-state index in [9.17, 15) is 16.8 Å². The molecule has 0 saturated heterocycles. The van der Waals surface area contributed by atoms with Crippen LogP contribution in [0.4, 0.5) is 0 Å². The number of aryl methyl sites for hydroxylation is 2. The third-order valence-corrected chi connectivity index (χ3v) is 5.98. The van der Waals surface area contributed by atoms with Gasteiger partial charge in [-0.05, 0) is 32.9 Å². The van der Waals surface area contributed by atoms with Crippen LogP contribution in [0.1, 0.15) is 23.1 Å². The van der Waals surface area contributed by atoms with E-state index in [2.05, 4.69) is 4.72 Å². The zero-order valence-electron chi connectivity index (χ0n) is 12.0. The first kappa shape index (κ1) is 17.1. The molecule has 0 fully saturated rings. The molecule has 1 aromatic rings. The van der Waals surface area contributed by atoms with E-state index in [1.54, 1.807) is 0 Å². The Bertz CT molecular complexity index is 643. The van der Waals surface area contributed by atoms with Gasteiger partial charge in [0, 0.05) is 0 Å². The summed E-state index contributed by atoms with van der Waals surface area (Å²) in [4.78, 5) is 0. The van der Waals surface area contributed by atoms with Crippen molar-refractivity contribution in [3.8, 4) is 0 Å². The molecule has 0 atom stereocenters. The summed E-state index contributed by atoms with van der Waals surface area (Å²) in [6.45, 7) is 3.84. The summed E-state index contributed by atoms with van der Waals surface area (Å²) in [5.74, 6) is -0.342. The quantitative estimate of drug-likeness (QED) is 0.818. The highest BCUT2D eigenvalue weighted by atomic mass is 32.2. The van der Waals surface area contributed by atoms with E-state index in [1.807, 2.05) is 32.0 Å². The number of rotatable bonds is 7. The van der Waals surface area contributed by atoms with Gasteiger partial charge in [-0.15, -0.1) is 0 Å². The third-order valence-electron chi connectivity index (χ3n) is 2.85. The molecule has 0 amide bonds. The Labute approximate surface area is 121 Å². The Morgan fingerprint density at radius 2 is 1.50 bits per heavy atom. The van der Waals surface area contributed by atoms with Crippen LogP contribution in [0.2, 0.25) is 0 Å². The van der Waals surface area contributed by atoms with Crippen molar-refractivity contribution in [1.29, 1.82) is 0 Å². The van der Waals surface area contributed by atoms with E-state index >= 15 is 0 Å². The second-order valence-corrected chi connectivity index (χ2v) is 9.19. The van der Waals surface area contributed by atoms with Crippen molar-refractivity contribution in [3.05, 3.63) is 34.9 Å². The number of hydrogen-bond donors (Lipinski definition) is 1. The van der Waals surface area contributed by atoms with Crippen molar-refractivity contribution in [2.75, 3.05) is 18.6 Å². The molecule has 0 unspecified atom stereocenters. The van der Waals surface area contributed by atoms with Gasteiger partial charge in [0.25, 0.3) is 0 Å². The van der Waals surface area contributed by atoms with Crippen molar-refractivity contribution in [2.45, 2.75) is 26.0 Å². The molecule has 0 aliphatic heterocycles. The molecular formula is C13H21NO4S2. The molecule has 1 rings (SSSR count). The molecule has 1 N–H and O–H groups in total. The molecule has 20 heavy (non-hydrogen) atoms. The zero-order chi connectivity index (χ0) is 15.4. The average molecular weight is 319 g/mol. The van der Waals surface area contributed by atoms with Crippen LogP contribution in [-0.4, -0.2) is 35.4 Å². The molecule has 5 nitrogen and oxygen atoms in total. The highest BCUT2D eigenvalue weighted by Crippen LogP contribution is 2.13. The topological polar surface area (TPSA) is 80.3 Å². The predicted octanol–water partition coefficient (Wildman–Crippen LogP) is 1.16. The van der Waals surface area contributed by atoms with Crippen LogP contribution < -0.4 is 4.72 Å². The number of sulfone groups is 1. The van der Waals surface area contributed by atoms with Gasteiger partial charge in [-0.1, -0.05) is 29.3 Å². The maximum Gasteiger partial charge on any atom is 0.211 e. The minimum atomic E-state index is -3.34. The molecule has 0 bridgehead atoms. The van der Waals surface area contributed by atoms with Crippen LogP contribution in [0.15, 0.2) is 18.2 Å². The molecule has 0 spiro atoms. The van der Waals surface area contributed by atoms with Gasteiger partial charge in [0.15, 0.2) is 9.84 Å². The Balaban J connectivity index is 2.66. The van der Waals surface area contributed by atoms with Crippen LogP contribution in [0.25, 0.3) is 0 Å². The first-order valence-electron chi connectivity index (χ1n) is 6.32. The molecule has 0 aliphatic rings. The molecule has 0 saturated carbocycles. The van der Waals surface area contributed by atoms with Crippen LogP contribution in [0.5, 0.6) is 0 Å². The van der Waals surface area contributed by atoms with E-state index in [4.69, 9.17) is 0 Å². The van der Waals surface area contributed by atoms with E-state index in [1.165, 1.54) is 7.05 Å². The van der Waals surface area contributed by atoms with Gasteiger partial charge >= 0.3 is 0 Å². The maximum absolute atomic E-state index is 12.0. The Morgan fingerprint density at radius 1 is 0.950 bits per heavy atom. The lowest BCUT2D eigenvalue weighted by atomic mass is 10.1. The molecule has 0 heterocycles. The van der Waals surface area contributed by atoms with Crippen molar-refractivity contribution < 1.29 is 16.8 Å². The lowest BCUT2D eigenvalue weighted by Crippen LogP contribution is -2.23. The van der Waals surface area contributed by atoms with Gasteiger partial charge in [0.1, 0.15) is 0 Å². The second kappa shape index (κ2) is 6.69. The summed E-state index contributed by atoms with van der Waals surface area (Å²) in [5, 5.41) is 0. The Hall–Kier alpha value is -0.920. The molecule has 114 valence electrons. The maximum atomic E-state index is 12.0. The monoisotopic (exact) mass is 319 g/mol. The number of benzene rings is 1. The lowest BCUT2D eigenvalue weighted by molar-refractivity contribution is 0.584.